The molecule has 0 aliphatic rings. The third-order valence-corrected chi connectivity index (χ3v) is 4.39. The van der Waals surface area contributed by atoms with E-state index in [1.165, 1.54) is 26.0 Å². The Morgan fingerprint density at radius 1 is 1.09 bits per heavy atom. The monoisotopic (exact) mass is 470 g/mol. The molecule has 2 rings (SSSR count). The number of ether oxygens (including phenoxy) is 2. The van der Waals surface area contributed by atoms with Crippen molar-refractivity contribution in [1.82, 2.24) is 5.43 Å². The quantitative estimate of drug-likeness (QED) is 0.327. The number of carbonyl (C=O) groups is 1. The molecule has 10 heteroatoms. The van der Waals surface area contributed by atoms with Crippen LogP contribution in [0.2, 0.25) is 0 Å². The minimum atomic E-state index is -4.21. The Morgan fingerprint density at radius 3 is 2.03 bits per heavy atom. The molecule has 0 spiro atoms. The number of aliphatic carboxylic acids is 1. The molecular formula is C22H25F3N2O4S. The highest BCUT2D eigenvalue weighted by Gasteiger charge is 2.30. The summed E-state index contributed by atoms with van der Waals surface area (Å²) in [6.45, 7) is 9.77. The molecule has 32 heavy (non-hydrogen) atoms. The molecule has 0 saturated heterocycles. The number of carboxylic acids is 1. The highest BCUT2D eigenvalue weighted by Crippen LogP contribution is 2.28. The van der Waals surface area contributed by atoms with Crippen LogP contribution in [-0.2, 0) is 11.0 Å². The van der Waals surface area contributed by atoms with Gasteiger partial charge < -0.3 is 14.6 Å². The van der Waals surface area contributed by atoms with E-state index in [4.69, 9.17) is 26.8 Å². The summed E-state index contributed by atoms with van der Waals surface area (Å²) in [5.74, 6) is -0.0168. The molecule has 0 bridgehead atoms. The van der Waals surface area contributed by atoms with Crippen molar-refractivity contribution in [2.24, 2.45) is 5.10 Å². The van der Waals surface area contributed by atoms with Gasteiger partial charge in [-0.3, -0.25) is 5.43 Å². The van der Waals surface area contributed by atoms with Crippen LogP contribution < -0.4 is 14.9 Å². The fourth-order valence-corrected chi connectivity index (χ4v) is 2.21. The van der Waals surface area contributed by atoms with Crippen molar-refractivity contribution in [1.29, 1.82) is 0 Å². The number of halogens is 3. The number of carboxylic acid groups (broad SMARTS) is 1. The Bertz CT molecular complexity index is 914. The van der Waals surface area contributed by atoms with E-state index in [1.807, 2.05) is 0 Å². The molecule has 0 amide bonds. The molecule has 2 N–H and O–H groups in total. The van der Waals surface area contributed by atoms with Crippen molar-refractivity contribution in [2.45, 2.75) is 45.6 Å². The molecule has 1 atom stereocenters. The van der Waals surface area contributed by atoms with E-state index in [1.54, 1.807) is 38.1 Å². The number of aryl methyl sites for hydroxylation is 1. The summed E-state index contributed by atoms with van der Waals surface area (Å²) in [7, 11) is 0. The Labute approximate surface area is 190 Å². The highest BCUT2D eigenvalue weighted by atomic mass is 32.1. The van der Waals surface area contributed by atoms with Crippen molar-refractivity contribution >= 4 is 29.9 Å². The molecule has 0 heterocycles. The zero-order valence-electron chi connectivity index (χ0n) is 18.1. The van der Waals surface area contributed by atoms with Crippen LogP contribution in [0.15, 0.2) is 53.6 Å². The summed E-state index contributed by atoms with van der Waals surface area (Å²) in [5.41, 5.74) is 1.49. The lowest BCUT2D eigenvalue weighted by Crippen LogP contribution is -2.37. The van der Waals surface area contributed by atoms with Crippen LogP contribution in [0.5, 0.6) is 11.5 Å². The second-order valence-corrected chi connectivity index (χ2v) is 7.59. The molecule has 0 aromatic heterocycles. The Hall–Kier alpha value is -3.14. The van der Waals surface area contributed by atoms with Crippen molar-refractivity contribution in [3.05, 3.63) is 59.7 Å². The number of thiocarbonyl (C=S) groups is 1. The lowest BCUT2D eigenvalue weighted by Gasteiger charge is -2.21. The summed E-state index contributed by atoms with van der Waals surface area (Å²) in [6.07, 6.45) is -4.58. The molecule has 1 unspecified atom stereocenters. The van der Waals surface area contributed by atoms with Crippen LogP contribution in [0.25, 0.3) is 0 Å². The largest absolute Gasteiger partial charge is 0.484 e. The predicted octanol–water partition coefficient (Wildman–Crippen LogP) is 5.24. The van der Waals surface area contributed by atoms with Gasteiger partial charge in [-0.25, -0.2) is 4.79 Å². The maximum absolute atomic E-state index is 11.9. The summed E-state index contributed by atoms with van der Waals surface area (Å²) in [4.78, 5) is 11.4. The van der Waals surface area contributed by atoms with E-state index in [-0.39, 0.29) is 6.10 Å². The lowest BCUT2D eigenvalue weighted by molar-refractivity contribution is -0.152. The number of alkyl halides is 3. The number of rotatable bonds is 7. The SMILES string of the molecule is C=NNC(=S)C(C)Oc1ccc(OC(C)(C)C(=O)O)cc1.Cc1ccc(C(F)(F)F)cc1. The summed E-state index contributed by atoms with van der Waals surface area (Å²) in [6, 6.07) is 11.7. The number of hydrogen-bond donors (Lipinski definition) is 2. The normalized spacial score (nSPS) is 12.0. The average Bonchev–Trinajstić information content (AvgIpc) is 2.69. The first-order chi connectivity index (χ1) is 14.8. The average molecular weight is 471 g/mol. The number of nitrogens with one attached hydrogen (secondary N) is 1. The molecule has 2 aromatic rings. The molecule has 174 valence electrons. The molecule has 0 aliphatic carbocycles. The fourth-order valence-electron chi connectivity index (χ4n) is 2.09. The fraction of sp³-hybridized carbons (Fsp3) is 0.318. The molecule has 0 fully saturated rings. The molecule has 0 saturated carbocycles. The van der Waals surface area contributed by atoms with Crippen LogP contribution in [0.4, 0.5) is 13.2 Å². The summed E-state index contributed by atoms with van der Waals surface area (Å²) >= 11 is 5.04. The first-order valence-corrected chi connectivity index (χ1v) is 9.75. The van der Waals surface area contributed by atoms with Crippen LogP contribution in [0.3, 0.4) is 0 Å². The Morgan fingerprint density at radius 2 is 1.59 bits per heavy atom. The standard InChI is InChI=1S/C14H18N2O4S.C8H7F3/c1-9(12(21)16-15-4)19-10-5-7-11(8-6-10)20-14(2,3)13(17)18;1-6-2-4-7(5-3-6)8(9,10)11/h5-9H,4H2,1-3H3,(H,16,21)(H,17,18);2-5H,1H3. The van der Waals surface area contributed by atoms with Crippen molar-refractivity contribution in [2.75, 3.05) is 0 Å². The number of hydrogen-bond acceptors (Lipinski definition) is 5. The van der Waals surface area contributed by atoms with Gasteiger partial charge in [0.05, 0.1) is 5.56 Å². The molecule has 2 aromatic carbocycles. The van der Waals surface area contributed by atoms with E-state index >= 15 is 0 Å². The number of nitrogens with zero attached hydrogens (tertiary/aromatic N) is 1. The molecule has 0 aliphatic heterocycles. The first-order valence-electron chi connectivity index (χ1n) is 9.35. The molecule has 6 nitrogen and oxygen atoms in total. The van der Waals surface area contributed by atoms with Gasteiger partial charge in [0, 0.05) is 6.72 Å². The third-order valence-electron chi connectivity index (χ3n) is 3.96. The van der Waals surface area contributed by atoms with Crippen LogP contribution in [0.1, 0.15) is 31.9 Å². The minimum absolute atomic E-state index is 0.368. The first kappa shape index (κ1) is 26.9. The van der Waals surface area contributed by atoms with Gasteiger partial charge in [-0.1, -0.05) is 29.9 Å². The topological polar surface area (TPSA) is 80.2 Å². The van der Waals surface area contributed by atoms with Gasteiger partial charge >= 0.3 is 12.1 Å². The van der Waals surface area contributed by atoms with Crippen molar-refractivity contribution in [3.63, 3.8) is 0 Å². The Balaban J connectivity index is 0.000000389. The summed E-state index contributed by atoms with van der Waals surface area (Å²) in [5, 5.41) is 12.5. The maximum Gasteiger partial charge on any atom is 0.416 e. The third kappa shape index (κ3) is 8.93. The van der Waals surface area contributed by atoms with Gasteiger partial charge in [0.25, 0.3) is 0 Å². The second-order valence-electron chi connectivity index (χ2n) is 7.15. The molecule has 0 radical (unpaired) electrons. The Kier molecular flexibility index (Phi) is 9.64. The van der Waals surface area contributed by atoms with E-state index in [0.717, 1.165) is 17.7 Å². The van der Waals surface area contributed by atoms with E-state index in [2.05, 4.69) is 17.2 Å². The van der Waals surface area contributed by atoms with Crippen LogP contribution >= 0.6 is 12.2 Å². The predicted molar refractivity (Wildman–Crippen MR) is 120 cm³/mol. The smallest absolute Gasteiger partial charge is 0.416 e. The molecular weight excluding hydrogens is 445 g/mol. The number of hydrazone groups is 1. The van der Waals surface area contributed by atoms with Gasteiger partial charge in [0.2, 0.25) is 0 Å². The second kappa shape index (κ2) is 11.5. The van der Waals surface area contributed by atoms with Gasteiger partial charge in [-0.15, -0.1) is 0 Å². The van der Waals surface area contributed by atoms with Crippen LogP contribution in [0, 0.1) is 6.92 Å². The zero-order valence-corrected chi connectivity index (χ0v) is 18.9. The van der Waals surface area contributed by atoms with E-state index in [0.29, 0.717) is 16.5 Å². The maximum atomic E-state index is 11.9. The summed E-state index contributed by atoms with van der Waals surface area (Å²) < 4.78 is 46.7. The van der Waals surface area contributed by atoms with E-state index in [9.17, 15) is 18.0 Å². The van der Waals surface area contributed by atoms with Crippen LogP contribution in [-0.4, -0.2) is 34.5 Å². The minimum Gasteiger partial charge on any atom is -0.484 e. The van der Waals surface area contributed by atoms with Gasteiger partial charge in [-0.2, -0.15) is 18.3 Å². The van der Waals surface area contributed by atoms with Gasteiger partial charge in [-0.05, 0) is 64.1 Å². The van der Waals surface area contributed by atoms with Gasteiger partial charge in [0.15, 0.2) is 5.60 Å². The van der Waals surface area contributed by atoms with E-state index < -0.39 is 23.3 Å². The lowest BCUT2D eigenvalue weighted by atomic mass is 10.1. The van der Waals surface area contributed by atoms with Crippen molar-refractivity contribution in [3.8, 4) is 11.5 Å². The van der Waals surface area contributed by atoms with Crippen molar-refractivity contribution < 1.29 is 32.5 Å². The zero-order chi connectivity index (χ0) is 24.5. The number of benzene rings is 2. The van der Waals surface area contributed by atoms with Gasteiger partial charge in [0.1, 0.15) is 22.6 Å². The highest BCUT2D eigenvalue weighted by molar-refractivity contribution is 7.80.